The maximum Gasteiger partial charge on any atom is 0.221 e. The van der Waals surface area contributed by atoms with E-state index in [2.05, 4.69) is 4.98 Å². The standard InChI is InChI=1S/C9H9FN2O/c10-8-5-1-3-7(12-8)4-2-6-9(11)13/h1-5H,6H2,(H2,11,13). The summed E-state index contributed by atoms with van der Waals surface area (Å²) in [4.78, 5) is 13.9. The third-order valence-corrected chi connectivity index (χ3v) is 1.34. The summed E-state index contributed by atoms with van der Waals surface area (Å²) in [5.74, 6) is -0.964. The minimum absolute atomic E-state index is 0.137. The zero-order chi connectivity index (χ0) is 9.68. The van der Waals surface area contributed by atoms with Crippen LogP contribution in [0.3, 0.4) is 0 Å². The van der Waals surface area contributed by atoms with Gasteiger partial charge in [0.05, 0.1) is 5.69 Å². The van der Waals surface area contributed by atoms with E-state index in [1.165, 1.54) is 6.07 Å². The molecule has 0 aliphatic carbocycles. The van der Waals surface area contributed by atoms with E-state index in [9.17, 15) is 9.18 Å². The topological polar surface area (TPSA) is 56.0 Å². The lowest BCUT2D eigenvalue weighted by Crippen LogP contribution is -2.07. The van der Waals surface area contributed by atoms with Crippen molar-refractivity contribution in [3.63, 3.8) is 0 Å². The van der Waals surface area contributed by atoms with Gasteiger partial charge in [0.2, 0.25) is 11.9 Å². The lowest BCUT2D eigenvalue weighted by molar-refractivity contribution is -0.117. The number of aromatic nitrogens is 1. The number of primary amides is 1. The fraction of sp³-hybridized carbons (Fsp3) is 0.111. The van der Waals surface area contributed by atoms with Crippen LogP contribution in [0.1, 0.15) is 12.1 Å². The van der Waals surface area contributed by atoms with Gasteiger partial charge in [-0.1, -0.05) is 12.1 Å². The first kappa shape index (κ1) is 9.38. The van der Waals surface area contributed by atoms with Crippen molar-refractivity contribution < 1.29 is 9.18 Å². The van der Waals surface area contributed by atoms with Gasteiger partial charge in [0.15, 0.2) is 0 Å². The van der Waals surface area contributed by atoms with E-state index in [4.69, 9.17) is 5.73 Å². The molecule has 0 unspecified atom stereocenters. The Morgan fingerprint density at radius 1 is 1.62 bits per heavy atom. The van der Waals surface area contributed by atoms with Gasteiger partial charge < -0.3 is 5.73 Å². The molecule has 0 aliphatic rings. The van der Waals surface area contributed by atoms with Crippen LogP contribution in [0.4, 0.5) is 4.39 Å². The number of rotatable bonds is 3. The number of pyridine rings is 1. The van der Waals surface area contributed by atoms with Crippen molar-refractivity contribution in [3.05, 3.63) is 35.9 Å². The molecule has 1 rings (SSSR count). The number of hydrogen-bond acceptors (Lipinski definition) is 2. The summed E-state index contributed by atoms with van der Waals surface area (Å²) < 4.78 is 12.5. The molecule has 1 amide bonds. The van der Waals surface area contributed by atoms with Crippen molar-refractivity contribution in [3.8, 4) is 0 Å². The molecule has 0 aromatic carbocycles. The SMILES string of the molecule is NC(=O)CC=Cc1cccc(F)n1. The molecule has 13 heavy (non-hydrogen) atoms. The molecule has 4 heteroatoms. The van der Waals surface area contributed by atoms with Crippen LogP contribution in [0.25, 0.3) is 6.08 Å². The van der Waals surface area contributed by atoms with Crippen molar-refractivity contribution in [1.29, 1.82) is 0 Å². The summed E-state index contributed by atoms with van der Waals surface area (Å²) >= 11 is 0. The Morgan fingerprint density at radius 3 is 3.00 bits per heavy atom. The molecule has 68 valence electrons. The zero-order valence-corrected chi connectivity index (χ0v) is 6.90. The van der Waals surface area contributed by atoms with E-state index < -0.39 is 11.9 Å². The average molecular weight is 180 g/mol. The number of hydrogen-bond donors (Lipinski definition) is 1. The Kier molecular flexibility index (Phi) is 3.14. The van der Waals surface area contributed by atoms with Gasteiger partial charge in [-0.15, -0.1) is 0 Å². The third-order valence-electron chi connectivity index (χ3n) is 1.34. The summed E-state index contributed by atoms with van der Waals surface area (Å²) in [5.41, 5.74) is 5.38. The molecule has 3 nitrogen and oxygen atoms in total. The normalized spacial score (nSPS) is 10.5. The number of nitrogens with zero attached hydrogens (tertiary/aromatic N) is 1. The summed E-state index contributed by atoms with van der Waals surface area (Å²) in [7, 11) is 0. The lowest BCUT2D eigenvalue weighted by atomic mass is 10.3. The van der Waals surface area contributed by atoms with Gasteiger partial charge in [-0.3, -0.25) is 4.79 Å². The molecule has 0 atom stereocenters. The second-order valence-corrected chi connectivity index (χ2v) is 2.46. The summed E-state index contributed by atoms with van der Waals surface area (Å²) in [6, 6.07) is 4.44. The predicted molar refractivity (Wildman–Crippen MR) is 47.0 cm³/mol. The highest BCUT2D eigenvalue weighted by Crippen LogP contribution is 2.00. The molecule has 2 N–H and O–H groups in total. The van der Waals surface area contributed by atoms with Crippen molar-refractivity contribution in [2.24, 2.45) is 5.73 Å². The second kappa shape index (κ2) is 4.35. The van der Waals surface area contributed by atoms with Gasteiger partial charge in [-0.2, -0.15) is 4.39 Å². The van der Waals surface area contributed by atoms with E-state index in [0.717, 1.165) is 0 Å². The van der Waals surface area contributed by atoms with Crippen LogP contribution >= 0.6 is 0 Å². The lowest BCUT2D eigenvalue weighted by Gasteiger charge is -1.91. The first-order valence-electron chi connectivity index (χ1n) is 3.76. The maximum atomic E-state index is 12.5. The van der Waals surface area contributed by atoms with Crippen molar-refractivity contribution in [2.45, 2.75) is 6.42 Å². The summed E-state index contributed by atoms with van der Waals surface area (Å²) in [6.45, 7) is 0. The fourth-order valence-electron chi connectivity index (χ4n) is 0.813. The Labute approximate surface area is 75.1 Å². The maximum absolute atomic E-state index is 12.5. The van der Waals surface area contributed by atoms with Gasteiger partial charge in [0.25, 0.3) is 0 Å². The fourth-order valence-corrected chi connectivity index (χ4v) is 0.813. The number of nitrogens with two attached hydrogens (primary N) is 1. The minimum Gasteiger partial charge on any atom is -0.369 e. The molecular weight excluding hydrogens is 171 g/mol. The highest BCUT2D eigenvalue weighted by molar-refractivity contribution is 5.76. The molecule has 0 saturated heterocycles. The summed E-state index contributed by atoms with van der Waals surface area (Å²) in [5, 5.41) is 0. The van der Waals surface area contributed by atoms with Gasteiger partial charge in [-0.05, 0) is 18.2 Å². The van der Waals surface area contributed by atoms with E-state index in [-0.39, 0.29) is 6.42 Å². The molecular formula is C9H9FN2O. The van der Waals surface area contributed by atoms with Gasteiger partial charge >= 0.3 is 0 Å². The molecule has 0 bridgehead atoms. The molecule has 0 fully saturated rings. The van der Waals surface area contributed by atoms with E-state index in [1.807, 2.05) is 0 Å². The molecule has 0 saturated carbocycles. The molecule has 1 aromatic heterocycles. The molecule has 0 aliphatic heterocycles. The predicted octanol–water partition coefficient (Wildman–Crippen LogP) is 1.11. The van der Waals surface area contributed by atoms with Crippen LogP contribution in [0.15, 0.2) is 24.3 Å². The molecule has 1 heterocycles. The third kappa shape index (κ3) is 3.46. The number of carbonyl (C=O) groups excluding carboxylic acids is 1. The molecule has 0 spiro atoms. The highest BCUT2D eigenvalue weighted by Gasteiger charge is 1.92. The van der Waals surface area contributed by atoms with Crippen molar-refractivity contribution in [1.82, 2.24) is 4.98 Å². The summed E-state index contributed by atoms with van der Waals surface area (Å²) in [6.07, 6.45) is 3.23. The first-order valence-corrected chi connectivity index (χ1v) is 3.76. The van der Waals surface area contributed by atoms with Crippen molar-refractivity contribution >= 4 is 12.0 Å². The highest BCUT2D eigenvalue weighted by atomic mass is 19.1. The molecule has 1 aromatic rings. The van der Waals surface area contributed by atoms with Gasteiger partial charge in [-0.25, -0.2) is 4.98 Å². The van der Waals surface area contributed by atoms with Crippen LogP contribution < -0.4 is 5.73 Å². The molecule has 0 radical (unpaired) electrons. The monoisotopic (exact) mass is 180 g/mol. The largest absolute Gasteiger partial charge is 0.369 e. The Balaban J connectivity index is 2.63. The Morgan fingerprint density at radius 2 is 2.38 bits per heavy atom. The van der Waals surface area contributed by atoms with Gasteiger partial charge in [0, 0.05) is 6.42 Å². The Bertz CT molecular complexity index is 336. The van der Waals surface area contributed by atoms with Crippen molar-refractivity contribution in [2.75, 3.05) is 0 Å². The quantitative estimate of drug-likeness (QED) is 0.708. The number of amides is 1. The average Bonchev–Trinajstić information content (AvgIpc) is 2.03. The van der Waals surface area contributed by atoms with E-state index in [0.29, 0.717) is 5.69 Å². The second-order valence-electron chi connectivity index (χ2n) is 2.46. The van der Waals surface area contributed by atoms with Gasteiger partial charge in [0.1, 0.15) is 0 Å². The number of carbonyl (C=O) groups is 1. The van der Waals surface area contributed by atoms with Crippen LogP contribution in [0, 0.1) is 5.95 Å². The first-order chi connectivity index (χ1) is 6.18. The smallest absolute Gasteiger partial charge is 0.221 e. The Hall–Kier alpha value is -1.71. The van der Waals surface area contributed by atoms with E-state index >= 15 is 0 Å². The van der Waals surface area contributed by atoms with Crippen LogP contribution in [0.2, 0.25) is 0 Å². The van der Waals surface area contributed by atoms with Crippen LogP contribution in [0.5, 0.6) is 0 Å². The van der Waals surface area contributed by atoms with Crippen LogP contribution in [-0.2, 0) is 4.79 Å². The zero-order valence-electron chi connectivity index (χ0n) is 6.90. The van der Waals surface area contributed by atoms with E-state index in [1.54, 1.807) is 24.3 Å². The van der Waals surface area contributed by atoms with Crippen LogP contribution in [-0.4, -0.2) is 10.9 Å². The number of halogens is 1. The minimum atomic E-state index is -0.541.